The first-order chi connectivity index (χ1) is 15.3. The Morgan fingerprint density at radius 1 is 0.444 bits per heavy atom. The molecule has 2 heterocycles. The summed E-state index contributed by atoms with van der Waals surface area (Å²) in [6.07, 6.45) is -7.84. The van der Waals surface area contributed by atoms with E-state index in [1.165, 1.54) is 0 Å². The zero-order chi connectivity index (χ0) is 29.3. The van der Waals surface area contributed by atoms with Crippen LogP contribution in [-0.2, 0) is 0 Å². The van der Waals surface area contributed by atoms with Gasteiger partial charge in [-0.25, -0.2) is 9.29 Å². The summed E-state index contributed by atoms with van der Waals surface area (Å²) in [5, 5.41) is 0. The monoisotopic (exact) mass is 590 g/mol. The van der Waals surface area contributed by atoms with E-state index in [-0.39, 0.29) is 0 Å². The first kappa shape index (κ1) is 30.2. The largest absolute Gasteiger partial charge is 0.434 e. The predicted molar refractivity (Wildman–Crippen MR) is 62.4 cm³/mol. The third-order valence-electron chi connectivity index (χ3n) is 4.67. The molecule has 212 valence electrons. The first-order valence-corrected chi connectivity index (χ1v) is 7.75. The van der Waals surface area contributed by atoms with Gasteiger partial charge in [-0.05, 0) is 0 Å². The molecule has 0 spiro atoms. The van der Waals surface area contributed by atoms with E-state index in [1.807, 2.05) is 0 Å². The third kappa shape index (κ3) is 2.95. The lowest BCUT2D eigenvalue weighted by Crippen LogP contribution is -2.60. The standard InChI is InChI=1S/C12F22N2/c13-1(4(17,18)36-11(31,32)7(23,24)8(25,26)12(36,33)34)2(3(14,15)16)35-9(27,28)5(19,20)6(21,22)10(35,29)30. The smallest absolute Gasteiger partial charge is 0.235 e. The van der Waals surface area contributed by atoms with Gasteiger partial charge in [0.05, 0.1) is 0 Å². The number of hydrogen-bond acceptors (Lipinski definition) is 2. The van der Waals surface area contributed by atoms with Crippen LogP contribution < -0.4 is 0 Å². The molecule has 2 aliphatic rings. The molecular formula is C12F22N2. The van der Waals surface area contributed by atoms with Gasteiger partial charge in [-0.1, -0.05) is 0 Å². The topological polar surface area (TPSA) is 6.48 Å². The zero-order valence-electron chi connectivity index (χ0n) is 15.2. The lowest BCUT2D eigenvalue weighted by Gasteiger charge is -2.37. The molecule has 2 rings (SSSR count). The van der Waals surface area contributed by atoms with Crippen molar-refractivity contribution in [3.05, 3.63) is 11.5 Å². The van der Waals surface area contributed by atoms with Crippen LogP contribution in [0.2, 0.25) is 0 Å². The molecule has 2 saturated heterocycles. The van der Waals surface area contributed by atoms with Gasteiger partial charge >= 0.3 is 60.1 Å². The van der Waals surface area contributed by atoms with Crippen molar-refractivity contribution in [1.29, 1.82) is 0 Å². The Balaban J connectivity index is 3.01. The van der Waals surface area contributed by atoms with E-state index in [9.17, 15) is 96.6 Å². The summed E-state index contributed by atoms with van der Waals surface area (Å²) in [6.45, 7) is 0. The van der Waals surface area contributed by atoms with Crippen molar-refractivity contribution in [1.82, 2.24) is 9.80 Å². The van der Waals surface area contributed by atoms with E-state index >= 15 is 0 Å². The molecule has 2 aliphatic heterocycles. The maximum atomic E-state index is 14.0. The van der Waals surface area contributed by atoms with Crippen molar-refractivity contribution in [2.24, 2.45) is 0 Å². The highest BCUT2D eigenvalue weighted by Gasteiger charge is 2.97. The minimum absolute atomic E-state index is 4.15. The fraction of sp³-hybridized carbons (Fsp3) is 0.833. The molecule has 0 radical (unpaired) electrons. The molecule has 0 aromatic rings. The van der Waals surface area contributed by atoms with Crippen LogP contribution in [0.3, 0.4) is 0 Å². The molecule has 0 N–H and O–H groups in total. The zero-order valence-corrected chi connectivity index (χ0v) is 15.2. The molecule has 0 aliphatic carbocycles. The van der Waals surface area contributed by atoms with Gasteiger partial charge in [0.25, 0.3) is 0 Å². The van der Waals surface area contributed by atoms with E-state index in [2.05, 4.69) is 0 Å². The summed E-state index contributed by atoms with van der Waals surface area (Å²) in [5.74, 6) is -36.7. The molecular weight excluding hydrogens is 590 g/mol. The SMILES string of the molecule is FC(=C(N1C(F)(F)C(F)(F)C(F)(F)C1(F)F)C(F)(F)F)C(F)(F)N1C(F)(F)C(F)(F)C(F)(F)C1(F)F. The molecule has 2 nitrogen and oxygen atoms in total. The van der Waals surface area contributed by atoms with E-state index in [1.54, 1.807) is 0 Å². The minimum Gasteiger partial charge on any atom is -0.235 e. The van der Waals surface area contributed by atoms with Crippen molar-refractivity contribution in [3.63, 3.8) is 0 Å². The summed E-state index contributed by atoms with van der Waals surface area (Å²) in [6, 6.07) is -39.4. The van der Waals surface area contributed by atoms with Gasteiger partial charge in [0, 0.05) is 0 Å². The average molecular weight is 590 g/mol. The molecule has 36 heavy (non-hydrogen) atoms. The van der Waals surface area contributed by atoms with Gasteiger partial charge in [-0.2, -0.15) is 92.2 Å². The molecule has 0 aromatic heterocycles. The minimum atomic E-state index is -8.14. The second-order valence-electron chi connectivity index (χ2n) is 6.83. The van der Waals surface area contributed by atoms with Crippen LogP contribution in [0.5, 0.6) is 0 Å². The molecule has 0 unspecified atom stereocenters. The van der Waals surface area contributed by atoms with Gasteiger partial charge in [-0.15, -0.1) is 4.90 Å². The fourth-order valence-corrected chi connectivity index (χ4v) is 2.89. The van der Waals surface area contributed by atoms with E-state index in [4.69, 9.17) is 0 Å². The lowest BCUT2D eigenvalue weighted by molar-refractivity contribution is -0.357. The van der Waals surface area contributed by atoms with E-state index < -0.39 is 81.4 Å². The molecule has 0 aromatic carbocycles. The van der Waals surface area contributed by atoms with Gasteiger partial charge in [0.15, 0.2) is 5.70 Å². The van der Waals surface area contributed by atoms with Crippen molar-refractivity contribution in [2.45, 2.75) is 60.1 Å². The van der Waals surface area contributed by atoms with Gasteiger partial charge < -0.3 is 0 Å². The molecule has 0 amide bonds. The van der Waals surface area contributed by atoms with Crippen molar-refractivity contribution < 1.29 is 96.6 Å². The molecule has 24 heteroatoms. The van der Waals surface area contributed by atoms with Crippen LogP contribution in [0, 0.1) is 0 Å². The molecule has 0 bridgehead atoms. The van der Waals surface area contributed by atoms with Gasteiger partial charge in [0.2, 0.25) is 5.83 Å². The summed E-state index contributed by atoms with van der Waals surface area (Å²) >= 11 is 0. The first-order valence-electron chi connectivity index (χ1n) is 7.75. The predicted octanol–water partition coefficient (Wildman–Crippen LogP) is 6.87. The Morgan fingerprint density at radius 3 is 0.944 bits per heavy atom. The number of halogens is 22. The van der Waals surface area contributed by atoms with E-state index in [0.29, 0.717) is 0 Å². The van der Waals surface area contributed by atoms with Gasteiger partial charge in [-0.3, -0.25) is 0 Å². The lowest BCUT2D eigenvalue weighted by atomic mass is 10.2. The Kier molecular flexibility index (Phi) is 5.77. The molecule has 0 atom stereocenters. The summed E-state index contributed by atoms with van der Waals surface area (Å²) < 4.78 is 294. The second-order valence-corrected chi connectivity index (χ2v) is 6.83. The highest BCUT2D eigenvalue weighted by molar-refractivity contribution is 5.29. The maximum Gasteiger partial charge on any atom is 0.434 e. The number of likely N-dealkylation sites (tertiary alicyclic amines) is 2. The van der Waals surface area contributed by atoms with Crippen LogP contribution in [0.4, 0.5) is 96.6 Å². The Labute approximate surface area is 179 Å². The Hall–Kier alpha value is -2.04. The van der Waals surface area contributed by atoms with Crippen LogP contribution in [-0.4, -0.2) is 69.9 Å². The Bertz CT molecular complexity index is 903. The number of hydrogen-bond donors (Lipinski definition) is 0. The van der Waals surface area contributed by atoms with Crippen LogP contribution in [0.25, 0.3) is 0 Å². The van der Waals surface area contributed by atoms with Crippen molar-refractivity contribution >= 4 is 0 Å². The summed E-state index contributed by atoms with van der Waals surface area (Å²) in [4.78, 5) is -8.50. The highest BCUT2D eigenvalue weighted by atomic mass is 19.4. The fourth-order valence-electron chi connectivity index (χ4n) is 2.89. The second kappa shape index (κ2) is 6.88. The number of rotatable bonds is 3. The summed E-state index contributed by atoms with van der Waals surface area (Å²) in [5.41, 5.74) is -5.51. The van der Waals surface area contributed by atoms with Crippen molar-refractivity contribution in [2.75, 3.05) is 0 Å². The van der Waals surface area contributed by atoms with Crippen LogP contribution in [0.15, 0.2) is 11.5 Å². The normalized spacial score (nSPS) is 30.3. The average Bonchev–Trinajstić information content (AvgIpc) is 2.73. The van der Waals surface area contributed by atoms with E-state index in [0.717, 1.165) is 0 Å². The highest BCUT2D eigenvalue weighted by Crippen LogP contribution is 2.68. The summed E-state index contributed by atoms with van der Waals surface area (Å²) in [7, 11) is 0. The van der Waals surface area contributed by atoms with Crippen molar-refractivity contribution in [3.8, 4) is 0 Å². The number of alkyl halides is 21. The third-order valence-corrected chi connectivity index (χ3v) is 4.67. The number of allylic oxidation sites excluding steroid dienone is 1. The van der Waals surface area contributed by atoms with Crippen LogP contribution >= 0.6 is 0 Å². The molecule has 0 saturated carbocycles. The molecule has 2 fully saturated rings. The number of nitrogens with zero attached hydrogens (tertiary/aromatic N) is 2. The Morgan fingerprint density at radius 2 is 0.694 bits per heavy atom. The van der Waals surface area contributed by atoms with Crippen LogP contribution in [0.1, 0.15) is 0 Å². The quantitative estimate of drug-likeness (QED) is 0.262. The van der Waals surface area contributed by atoms with Gasteiger partial charge in [0.1, 0.15) is 0 Å². The maximum absolute atomic E-state index is 14.0.